The van der Waals surface area contributed by atoms with Gasteiger partial charge in [0.15, 0.2) is 0 Å². The van der Waals surface area contributed by atoms with Gasteiger partial charge in [-0.1, -0.05) is 23.9 Å². The molecule has 0 bridgehead atoms. The van der Waals surface area contributed by atoms with Gasteiger partial charge in [0.05, 0.1) is 21.5 Å². The van der Waals surface area contributed by atoms with Gasteiger partial charge < -0.3 is 0 Å². The standard InChI is InChI=1S/C17H13N3OS2/c1-9-3-4-11-6-12-14-15(23-16(12)20-13(11)5-9)17(19-8-18-14)22-7-10(2)21/h3-6,8H,7H2,1-2H3. The zero-order chi connectivity index (χ0) is 16.0. The van der Waals surface area contributed by atoms with Crippen LogP contribution in [0.4, 0.5) is 0 Å². The SMILES string of the molecule is CC(=O)CSc1ncnc2c1sc1nc3cc(C)ccc3cc12. The van der Waals surface area contributed by atoms with Gasteiger partial charge in [0.1, 0.15) is 22.0 Å². The Balaban J connectivity index is 1.97. The van der Waals surface area contributed by atoms with E-state index in [4.69, 9.17) is 4.98 Å². The van der Waals surface area contributed by atoms with Crippen LogP contribution in [0.15, 0.2) is 35.6 Å². The first-order valence-electron chi connectivity index (χ1n) is 7.18. The molecule has 0 saturated carbocycles. The van der Waals surface area contributed by atoms with Gasteiger partial charge in [0, 0.05) is 10.8 Å². The molecule has 0 amide bonds. The summed E-state index contributed by atoms with van der Waals surface area (Å²) in [6.45, 7) is 3.66. The molecule has 0 aliphatic rings. The van der Waals surface area contributed by atoms with Crippen LogP contribution >= 0.6 is 23.1 Å². The van der Waals surface area contributed by atoms with Crippen LogP contribution in [-0.2, 0) is 4.79 Å². The first-order valence-corrected chi connectivity index (χ1v) is 8.99. The Kier molecular flexibility index (Phi) is 3.50. The molecule has 4 rings (SSSR count). The fourth-order valence-corrected chi connectivity index (χ4v) is 4.51. The van der Waals surface area contributed by atoms with Crippen molar-refractivity contribution in [1.82, 2.24) is 15.0 Å². The number of ketones is 1. The number of aryl methyl sites for hydroxylation is 1. The third-order valence-electron chi connectivity index (χ3n) is 3.58. The largest absolute Gasteiger partial charge is 0.299 e. The molecule has 0 unspecified atom stereocenters. The summed E-state index contributed by atoms with van der Waals surface area (Å²) in [5, 5.41) is 3.02. The summed E-state index contributed by atoms with van der Waals surface area (Å²) in [7, 11) is 0. The van der Waals surface area contributed by atoms with Gasteiger partial charge in [-0.25, -0.2) is 15.0 Å². The van der Waals surface area contributed by atoms with E-state index in [0.29, 0.717) is 5.75 Å². The molecule has 0 radical (unpaired) electrons. The Morgan fingerprint density at radius 2 is 2.13 bits per heavy atom. The fraction of sp³-hybridized carbons (Fsp3) is 0.176. The summed E-state index contributed by atoms with van der Waals surface area (Å²) in [6, 6.07) is 8.42. The van der Waals surface area contributed by atoms with Crippen LogP contribution in [0.5, 0.6) is 0 Å². The lowest BCUT2D eigenvalue weighted by Gasteiger charge is -2.00. The number of carbonyl (C=O) groups excluding carboxylic acids is 1. The molecule has 0 aliphatic carbocycles. The highest BCUT2D eigenvalue weighted by atomic mass is 32.2. The minimum Gasteiger partial charge on any atom is -0.299 e. The number of benzene rings is 1. The van der Waals surface area contributed by atoms with E-state index < -0.39 is 0 Å². The first-order chi connectivity index (χ1) is 11.1. The third-order valence-corrected chi connectivity index (χ3v) is 5.93. The summed E-state index contributed by atoms with van der Waals surface area (Å²) >= 11 is 3.05. The summed E-state index contributed by atoms with van der Waals surface area (Å²) in [4.78, 5) is 25.8. The molecule has 4 nitrogen and oxygen atoms in total. The molecule has 23 heavy (non-hydrogen) atoms. The van der Waals surface area contributed by atoms with Crippen molar-refractivity contribution in [3.63, 3.8) is 0 Å². The number of carbonyl (C=O) groups is 1. The van der Waals surface area contributed by atoms with Crippen LogP contribution in [0.3, 0.4) is 0 Å². The van der Waals surface area contributed by atoms with Gasteiger partial charge in [-0.2, -0.15) is 0 Å². The lowest BCUT2D eigenvalue weighted by molar-refractivity contribution is -0.114. The van der Waals surface area contributed by atoms with E-state index in [-0.39, 0.29) is 5.78 Å². The molecule has 0 spiro atoms. The van der Waals surface area contributed by atoms with E-state index in [0.717, 1.165) is 36.4 Å². The van der Waals surface area contributed by atoms with Crippen molar-refractivity contribution in [3.8, 4) is 0 Å². The number of thioether (sulfide) groups is 1. The number of fused-ring (bicyclic) bond motifs is 4. The zero-order valence-electron chi connectivity index (χ0n) is 12.7. The van der Waals surface area contributed by atoms with Crippen LogP contribution < -0.4 is 0 Å². The number of hydrogen-bond acceptors (Lipinski definition) is 6. The highest BCUT2D eigenvalue weighted by Gasteiger charge is 2.14. The number of thiophene rings is 1. The molecule has 3 heterocycles. The average molecular weight is 339 g/mol. The summed E-state index contributed by atoms with van der Waals surface area (Å²) in [5.41, 5.74) is 3.11. The Labute approximate surface area is 141 Å². The smallest absolute Gasteiger partial charge is 0.140 e. The van der Waals surface area contributed by atoms with E-state index in [1.54, 1.807) is 24.6 Å². The third kappa shape index (κ3) is 2.58. The molecule has 3 aromatic heterocycles. The van der Waals surface area contributed by atoms with E-state index in [1.165, 1.54) is 17.3 Å². The lowest BCUT2D eigenvalue weighted by atomic mass is 10.1. The van der Waals surface area contributed by atoms with E-state index in [2.05, 4.69) is 41.2 Å². The van der Waals surface area contributed by atoms with E-state index in [9.17, 15) is 4.79 Å². The molecule has 0 saturated heterocycles. The predicted molar refractivity (Wildman–Crippen MR) is 96.4 cm³/mol. The van der Waals surface area contributed by atoms with Crippen LogP contribution in [0.2, 0.25) is 0 Å². The Morgan fingerprint density at radius 1 is 1.26 bits per heavy atom. The molecular weight excluding hydrogens is 326 g/mol. The lowest BCUT2D eigenvalue weighted by Crippen LogP contribution is -1.94. The number of aromatic nitrogens is 3. The number of pyridine rings is 1. The normalized spacial score (nSPS) is 11.6. The van der Waals surface area contributed by atoms with Crippen LogP contribution in [-0.4, -0.2) is 26.5 Å². The Morgan fingerprint density at radius 3 is 2.96 bits per heavy atom. The maximum atomic E-state index is 11.2. The average Bonchev–Trinajstić information content (AvgIpc) is 2.88. The minimum atomic E-state index is 0.141. The van der Waals surface area contributed by atoms with Crippen molar-refractivity contribution in [1.29, 1.82) is 0 Å². The number of nitrogens with zero attached hydrogens (tertiary/aromatic N) is 3. The van der Waals surface area contributed by atoms with Crippen molar-refractivity contribution in [2.45, 2.75) is 18.9 Å². The summed E-state index contributed by atoms with van der Waals surface area (Å²) in [6.07, 6.45) is 1.57. The van der Waals surface area contributed by atoms with Crippen molar-refractivity contribution >= 4 is 60.2 Å². The molecule has 0 fully saturated rings. The second kappa shape index (κ2) is 5.54. The Bertz CT molecular complexity index is 1070. The van der Waals surface area contributed by atoms with Crippen molar-refractivity contribution in [2.75, 3.05) is 5.75 Å². The molecule has 0 N–H and O–H groups in total. The highest BCUT2D eigenvalue weighted by molar-refractivity contribution is 8.00. The summed E-state index contributed by atoms with van der Waals surface area (Å²) < 4.78 is 1.01. The van der Waals surface area contributed by atoms with Gasteiger partial charge in [0.25, 0.3) is 0 Å². The number of rotatable bonds is 3. The fourth-order valence-electron chi connectivity index (χ4n) is 2.52. The van der Waals surface area contributed by atoms with Crippen molar-refractivity contribution in [3.05, 3.63) is 36.2 Å². The number of hydrogen-bond donors (Lipinski definition) is 0. The molecule has 0 atom stereocenters. The molecule has 114 valence electrons. The van der Waals surface area contributed by atoms with E-state index in [1.807, 2.05) is 0 Å². The van der Waals surface area contributed by atoms with Gasteiger partial charge in [-0.05, 0) is 31.5 Å². The molecular formula is C17H13N3OS2. The zero-order valence-corrected chi connectivity index (χ0v) is 14.3. The Hall–Kier alpha value is -2.05. The van der Waals surface area contributed by atoms with Crippen LogP contribution in [0, 0.1) is 6.92 Å². The predicted octanol–water partition coefficient (Wildman–Crippen LogP) is 4.38. The maximum absolute atomic E-state index is 11.2. The van der Waals surface area contributed by atoms with Crippen molar-refractivity contribution < 1.29 is 4.79 Å². The van der Waals surface area contributed by atoms with Gasteiger partial charge in [-0.15, -0.1) is 11.3 Å². The topological polar surface area (TPSA) is 55.7 Å². The van der Waals surface area contributed by atoms with Crippen LogP contribution in [0.25, 0.3) is 31.3 Å². The second-order valence-corrected chi connectivity index (χ2v) is 7.45. The quantitative estimate of drug-likeness (QED) is 0.409. The highest BCUT2D eigenvalue weighted by Crippen LogP contribution is 2.37. The minimum absolute atomic E-state index is 0.141. The van der Waals surface area contributed by atoms with Crippen molar-refractivity contribution in [2.24, 2.45) is 0 Å². The van der Waals surface area contributed by atoms with Gasteiger partial charge in [0.2, 0.25) is 0 Å². The number of Topliss-reactive ketones (excluding diaryl/α,β-unsaturated/α-hetero) is 1. The first kappa shape index (κ1) is 14.5. The van der Waals surface area contributed by atoms with Crippen LogP contribution in [0.1, 0.15) is 12.5 Å². The van der Waals surface area contributed by atoms with Gasteiger partial charge in [-0.3, -0.25) is 4.79 Å². The maximum Gasteiger partial charge on any atom is 0.140 e. The second-order valence-electron chi connectivity index (χ2n) is 5.49. The summed E-state index contributed by atoms with van der Waals surface area (Å²) in [5.74, 6) is 0.566. The molecule has 0 aliphatic heterocycles. The monoisotopic (exact) mass is 339 g/mol. The van der Waals surface area contributed by atoms with Gasteiger partial charge >= 0.3 is 0 Å². The molecule has 6 heteroatoms. The molecule has 1 aromatic carbocycles. The van der Waals surface area contributed by atoms with E-state index >= 15 is 0 Å². The molecule has 4 aromatic rings.